The summed E-state index contributed by atoms with van der Waals surface area (Å²) in [6, 6.07) is 6.21. The topological polar surface area (TPSA) is 85.3 Å². The molecule has 0 radical (unpaired) electrons. The fraction of sp³-hybridized carbons (Fsp3) is 0.368. The van der Waals surface area contributed by atoms with Crippen molar-refractivity contribution in [3.8, 4) is 11.8 Å². The number of nitrogens with two attached hydrogens (primary N) is 1. The summed E-state index contributed by atoms with van der Waals surface area (Å²) in [4.78, 5) is 12.8. The number of carbonyl (C=O) groups is 1. The van der Waals surface area contributed by atoms with E-state index in [1.54, 1.807) is 0 Å². The van der Waals surface area contributed by atoms with Crippen LogP contribution < -0.4 is 10.5 Å². The number of ether oxygens (including phenoxy) is 2. The van der Waals surface area contributed by atoms with Gasteiger partial charge in [-0.3, -0.25) is 4.79 Å². The molecule has 1 unspecified atom stereocenters. The molecule has 2 aliphatic rings. The predicted octanol–water partition coefficient (Wildman–Crippen LogP) is 3.29. The molecule has 25 heavy (non-hydrogen) atoms. The Morgan fingerprint density at radius 2 is 2.12 bits per heavy atom. The monoisotopic (exact) mass is 342 g/mol. The summed E-state index contributed by atoms with van der Waals surface area (Å²) < 4.78 is 25.3. The first-order valence-electron chi connectivity index (χ1n) is 7.94. The number of methoxy groups -OCH3 is 1. The van der Waals surface area contributed by atoms with Crippen LogP contribution >= 0.6 is 0 Å². The summed E-state index contributed by atoms with van der Waals surface area (Å²) in [6.07, 6.45) is 0.797. The normalized spacial score (nSPS) is 22.2. The fourth-order valence-corrected chi connectivity index (χ4v) is 3.47. The number of Topliss-reactive ketones (excluding diaryl/α,β-unsaturated/α-hetero) is 1. The average molecular weight is 342 g/mol. The van der Waals surface area contributed by atoms with Gasteiger partial charge in [-0.05, 0) is 23.6 Å². The quantitative estimate of drug-likeness (QED) is 0.891. The second-order valence-corrected chi connectivity index (χ2v) is 7.09. The summed E-state index contributed by atoms with van der Waals surface area (Å²) in [5.74, 6) is -0.794. The van der Waals surface area contributed by atoms with Crippen LogP contribution in [0.3, 0.4) is 0 Å². The molecule has 0 saturated carbocycles. The van der Waals surface area contributed by atoms with Gasteiger partial charge in [-0.25, -0.2) is 4.39 Å². The maximum Gasteiger partial charge on any atom is 0.205 e. The third-order valence-corrected chi connectivity index (χ3v) is 4.59. The summed E-state index contributed by atoms with van der Waals surface area (Å²) in [6.45, 7) is 3.91. The molecule has 5 nitrogen and oxygen atoms in total. The van der Waals surface area contributed by atoms with Crippen LogP contribution in [0.1, 0.15) is 38.2 Å². The smallest absolute Gasteiger partial charge is 0.205 e. The zero-order chi connectivity index (χ0) is 18.4. The number of hydrogen-bond acceptors (Lipinski definition) is 5. The van der Waals surface area contributed by atoms with Gasteiger partial charge >= 0.3 is 0 Å². The van der Waals surface area contributed by atoms with E-state index >= 15 is 0 Å². The molecular formula is C19H19FN2O3. The van der Waals surface area contributed by atoms with Crippen LogP contribution in [0.2, 0.25) is 0 Å². The van der Waals surface area contributed by atoms with E-state index in [0.29, 0.717) is 29.9 Å². The van der Waals surface area contributed by atoms with Crippen LogP contribution in [-0.4, -0.2) is 12.9 Å². The van der Waals surface area contributed by atoms with E-state index < -0.39 is 11.7 Å². The lowest BCUT2D eigenvalue weighted by atomic mass is 9.70. The standard InChI is InChI=1S/C19H19FN2O3/c1-19(2)7-14(23)17-15(8-19)25-18(22)12(9-21)16(17)11-6-10(24-3)4-5-13(11)20/h4-6,16H,7-8,22H2,1-3H3. The molecule has 130 valence electrons. The lowest BCUT2D eigenvalue weighted by Crippen LogP contribution is -2.33. The van der Waals surface area contributed by atoms with E-state index in [-0.39, 0.29) is 28.2 Å². The lowest BCUT2D eigenvalue weighted by molar-refractivity contribution is -0.119. The van der Waals surface area contributed by atoms with E-state index in [1.165, 1.54) is 25.3 Å². The van der Waals surface area contributed by atoms with Crippen molar-refractivity contribution in [3.05, 3.63) is 52.4 Å². The van der Waals surface area contributed by atoms with Gasteiger partial charge in [0.2, 0.25) is 5.88 Å². The molecule has 1 aliphatic carbocycles. The van der Waals surface area contributed by atoms with Gasteiger partial charge in [-0.2, -0.15) is 5.26 Å². The second kappa shape index (κ2) is 5.92. The fourth-order valence-electron chi connectivity index (χ4n) is 3.47. The first-order valence-corrected chi connectivity index (χ1v) is 7.94. The molecule has 0 bridgehead atoms. The maximum absolute atomic E-state index is 14.6. The third-order valence-electron chi connectivity index (χ3n) is 4.59. The molecule has 0 fully saturated rings. The second-order valence-electron chi connectivity index (χ2n) is 7.09. The Bertz CT molecular complexity index is 862. The molecule has 1 atom stereocenters. The van der Waals surface area contributed by atoms with Crippen molar-refractivity contribution in [2.75, 3.05) is 7.11 Å². The molecule has 0 saturated heterocycles. The highest BCUT2D eigenvalue weighted by atomic mass is 19.1. The number of hydrogen-bond donors (Lipinski definition) is 1. The van der Waals surface area contributed by atoms with Crippen molar-refractivity contribution in [3.63, 3.8) is 0 Å². The molecule has 1 heterocycles. The van der Waals surface area contributed by atoms with Crippen LogP contribution in [0.15, 0.2) is 41.0 Å². The molecule has 3 rings (SSSR count). The Hall–Kier alpha value is -2.81. The van der Waals surface area contributed by atoms with Gasteiger partial charge in [-0.15, -0.1) is 0 Å². The molecule has 0 spiro atoms. The molecule has 0 amide bonds. The van der Waals surface area contributed by atoms with Crippen molar-refractivity contribution in [1.82, 2.24) is 0 Å². The van der Waals surface area contributed by atoms with Crippen molar-refractivity contribution in [2.24, 2.45) is 11.1 Å². The van der Waals surface area contributed by atoms with Gasteiger partial charge in [0.15, 0.2) is 5.78 Å². The van der Waals surface area contributed by atoms with Crippen LogP contribution in [-0.2, 0) is 9.53 Å². The van der Waals surface area contributed by atoms with E-state index in [1.807, 2.05) is 19.9 Å². The van der Waals surface area contributed by atoms with E-state index in [2.05, 4.69) is 0 Å². The van der Waals surface area contributed by atoms with Crippen LogP contribution in [0.5, 0.6) is 5.75 Å². The summed E-state index contributed by atoms with van der Waals surface area (Å²) in [5, 5.41) is 9.53. The summed E-state index contributed by atoms with van der Waals surface area (Å²) in [7, 11) is 1.47. The minimum Gasteiger partial charge on any atom is -0.497 e. The predicted molar refractivity (Wildman–Crippen MR) is 88.7 cm³/mol. The Labute approximate surface area is 145 Å². The van der Waals surface area contributed by atoms with Crippen LogP contribution in [0.25, 0.3) is 0 Å². The minimum atomic E-state index is -0.882. The number of rotatable bonds is 2. The van der Waals surface area contributed by atoms with Gasteiger partial charge in [-0.1, -0.05) is 13.8 Å². The minimum absolute atomic E-state index is 0.0407. The van der Waals surface area contributed by atoms with E-state index in [4.69, 9.17) is 15.2 Å². The number of halogens is 1. The molecular weight excluding hydrogens is 323 g/mol. The van der Waals surface area contributed by atoms with Crippen molar-refractivity contribution < 1.29 is 18.7 Å². The molecule has 6 heteroatoms. The van der Waals surface area contributed by atoms with Gasteiger partial charge in [0.1, 0.15) is 29.0 Å². The number of carbonyl (C=O) groups excluding carboxylic acids is 1. The van der Waals surface area contributed by atoms with Crippen LogP contribution in [0.4, 0.5) is 4.39 Å². The number of benzene rings is 1. The zero-order valence-corrected chi connectivity index (χ0v) is 14.4. The van der Waals surface area contributed by atoms with Crippen molar-refractivity contribution in [1.29, 1.82) is 5.26 Å². The van der Waals surface area contributed by atoms with Crippen LogP contribution in [0, 0.1) is 22.6 Å². The largest absolute Gasteiger partial charge is 0.497 e. The van der Waals surface area contributed by atoms with Gasteiger partial charge in [0.05, 0.1) is 13.0 Å². The third kappa shape index (κ3) is 2.86. The van der Waals surface area contributed by atoms with E-state index in [9.17, 15) is 14.4 Å². The summed E-state index contributed by atoms with van der Waals surface area (Å²) in [5.41, 5.74) is 6.18. The SMILES string of the molecule is COc1ccc(F)c(C2C(C#N)=C(N)OC3=C2C(=O)CC(C)(C)C3)c1. The molecule has 1 aliphatic heterocycles. The molecule has 2 N–H and O–H groups in total. The first-order chi connectivity index (χ1) is 11.8. The Morgan fingerprint density at radius 3 is 2.76 bits per heavy atom. The highest BCUT2D eigenvalue weighted by Crippen LogP contribution is 2.48. The zero-order valence-electron chi connectivity index (χ0n) is 14.4. The average Bonchev–Trinajstić information content (AvgIpc) is 2.53. The number of nitriles is 1. The Balaban J connectivity index is 2.23. The van der Waals surface area contributed by atoms with Gasteiger partial charge in [0.25, 0.3) is 0 Å². The summed E-state index contributed by atoms with van der Waals surface area (Å²) >= 11 is 0. The Kier molecular flexibility index (Phi) is 4.03. The van der Waals surface area contributed by atoms with Gasteiger partial charge in [0, 0.05) is 24.0 Å². The van der Waals surface area contributed by atoms with Crippen molar-refractivity contribution >= 4 is 5.78 Å². The highest BCUT2D eigenvalue weighted by Gasteiger charge is 2.43. The number of nitrogens with zero attached hydrogens (tertiary/aromatic N) is 1. The molecule has 0 aromatic heterocycles. The molecule has 1 aromatic carbocycles. The highest BCUT2D eigenvalue weighted by molar-refractivity contribution is 6.00. The van der Waals surface area contributed by atoms with E-state index in [0.717, 1.165) is 0 Å². The van der Waals surface area contributed by atoms with Gasteiger partial charge < -0.3 is 15.2 Å². The lowest BCUT2D eigenvalue weighted by Gasteiger charge is -2.37. The maximum atomic E-state index is 14.6. The molecule has 1 aromatic rings. The first kappa shape index (κ1) is 17.0. The Morgan fingerprint density at radius 1 is 1.40 bits per heavy atom. The van der Waals surface area contributed by atoms with Crippen molar-refractivity contribution in [2.45, 2.75) is 32.6 Å². The number of allylic oxidation sites excluding steroid dienone is 3. The number of ketones is 1.